The normalized spacial score (nSPS) is 21.7. The average Bonchev–Trinajstić information content (AvgIpc) is 3.03. The Morgan fingerprint density at radius 3 is 2.88 bits per heavy atom. The second-order valence-electron chi connectivity index (χ2n) is 6.50. The van der Waals surface area contributed by atoms with E-state index < -0.39 is 5.97 Å². The van der Waals surface area contributed by atoms with Crippen molar-refractivity contribution >= 4 is 17.3 Å². The number of carboxylic acids is 1. The van der Waals surface area contributed by atoms with Gasteiger partial charge in [-0.2, -0.15) is 0 Å². The Morgan fingerprint density at radius 1 is 1.33 bits per heavy atom. The van der Waals surface area contributed by atoms with E-state index in [9.17, 15) is 9.90 Å². The van der Waals surface area contributed by atoms with Crippen LogP contribution in [0.5, 0.6) is 0 Å². The standard InChI is InChI=1S/C19H24N2O2S/c1-14-17(19(22)23)8-5-11-21(14)13-16-12-20-18(24-16)10-9-15-6-3-2-4-7-15/h2-4,6-7,12,14,17H,5,8-11,13H2,1H3,(H,22,23)/t14-,17-/m1/s1. The zero-order valence-corrected chi connectivity index (χ0v) is 14.8. The molecule has 0 bridgehead atoms. The number of aliphatic carboxylic acids is 1. The van der Waals surface area contributed by atoms with Gasteiger partial charge in [0.1, 0.15) is 0 Å². The molecule has 1 N–H and O–H groups in total. The highest BCUT2D eigenvalue weighted by Gasteiger charge is 2.32. The van der Waals surface area contributed by atoms with Gasteiger partial charge in [0.25, 0.3) is 0 Å². The second-order valence-corrected chi connectivity index (χ2v) is 7.70. The lowest BCUT2D eigenvalue weighted by molar-refractivity contribution is -0.145. The molecule has 1 saturated heterocycles. The minimum Gasteiger partial charge on any atom is -0.481 e. The lowest BCUT2D eigenvalue weighted by atomic mass is 9.90. The van der Waals surface area contributed by atoms with Crippen molar-refractivity contribution in [2.45, 2.75) is 45.2 Å². The maximum atomic E-state index is 11.4. The molecule has 5 heteroatoms. The lowest BCUT2D eigenvalue weighted by Crippen LogP contribution is -2.45. The van der Waals surface area contributed by atoms with E-state index in [-0.39, 0.29) is 12.0 Å². The van der Waals surface area contributed by atoms with Crippen LogP contribution < -0.4 is 0 Å². The van der Waals surface area contributed by atoms with Gasteiger partial charge in [0.2, 0.25) is 0 Å². The van der Waals surface area contributed by atoms with Gasteiger partial charge in [-0.1, -0.05) is 30.3 Å². The van der Waals surface area contributed by atoms with Crippen molar-refractivity contribution in [1.29, 1.82) is 0 Å². The number of hydrogen-bond donors (Lipinski definition) is 1. The topological polar surface area (TPSA) is 53.4 Å². The fraction of sp³-hybridized carbons (Fsp3) is 0.474. The van der Waals surface area contributed by atoms with Crippen LogP contribution in [-0.4, -0.2) is 33.5 Å². The van der Waals surface area contributed by atoms with Gasteiger partial charge in [-0.15, -0.1) is 11.3 Å². The molecule has 24 heavy (non-hydrogen) atoms. The van der Waals surface area contributed by atoms with Crippen LogP contribution in [0.2, 0.25) is 0 Å². The first-order chi connectivity index (χ1) is 11.6. The molecule has 0 radical (unpaired) electrons. The summed E-state index contributed by atoms with van der Waals surface area (Å²) >= 11 is 1.76. The molecular formula is C19H24N2O2S. The molecule has 1 aromatic carbocycles. The summed E-state index contributed by atoms with van der Waals surface area (Å²) < 4.78 is 0. The van der Waals surface area contributed by atoms with E-state index in [1.807, 2.05) is 19.2 Å². The smallest absolute Gasteiger partial charge is 0.308 e. The number of carboxylic acid groups (broad SMARTS) is 1. The molecule has 1 aromatic heterocycles. The molecule has 0 unspecified atom stereocenters. The minimum absolute atomic E-state index is 0.0890. The average molecular weight is 344 g/mol. The molecular weight excluding hydrogens is 320 g/mol. The maximum Gasteiger partial charge on any atom is 0.308 e. The number of carbonyl (C=O) groups is 1. The van der Waals surface area contributed by atoms with Crippen LogP contribution in [0.25, 0.3) is 0 Å². The Kier molecular flexibility index (Phi) is 5.63. The number of likely N-dealkylation sites (tertiary alicyclic amines) is 1. The third-order valence-corrected chi connectivity index (χ3v) is 5.91. The van der Waals surface area contributed by atoms with E-state index in [0.29, 0.717) is 0 Å². The monoisotopic (exact) mass is 344 g/mol. The molecule has 0 aliphatic carbocycles. The van der Waals surface area contributed by atoms with Crippen molar-refractivity contribution in [1.82, 2.24) is 9.88 Å². The van der Waals surface area contributed by atoms with E-state index in [2.05, 4.69) is 34.1 Å². The van der Waals surface area contributed by atoms with E-state index in [0.717, 1.165) is 43.8 Å². The second kappa shape index (κ2) is 7.90. The van der Waals surface area contributed by atoms with E-state index in [1.165, 1.54) is 10.4 Å². The third-order valence-electron chi connectivity index (χ3n) is 4.87. The number of rotatable bonds is 6. The summed E-state index contributed by atoms with van der Waals surface area (Å²) in [5.41, 5.74) is 1.34. The van der Waals surface area contributed by atoms with Crippen LogP contribution in [0.3, 0.4) is 0 Å². The maximum absolute atomic E-state index is 11.4. The van der Waals surface area contributed by atoms with Gasteiger partial charge in [-0.25, -0.2) is 4.98 Å². The van der Waals surface area contributed by atoms with Crippen molar-refractivity contribution in [3.63, 3.8) is 0 Å². The van der Waals surface area contributed by atoms with Crippen molar-refractivity contribution in [3.05, 3.63) is 52.0 Å². The molecule has 0 saturated carbocycles. The molecule has 2 heterocycles. The first-order valence-corrected chi connectivity index (χ1v) is 9.39. The number of thiazole rings is 1. The zero-order valence-electron chi connectivity index (χ0n) is 14.0. The first-order valence-electron chi connectivity index (χ1n) is 8.58. The molecule has 1 aliphatic rings. The Balaban J connectivity index is 1.56. The summed E-state index contributed by atoms with van der Waals surface area (Å²) in [4.78, 5) is 19.4. The van der Waals surface area contributed by atoms with E-state index in [1.54, 1.807) is 11.3 Å². The van der Waals surface area contributed by atoms with Gasteiger partial charge in [-0.05, 0) is 38.3 Å². The van der Waals surface area contributed by atoms with Gasteiger partial charge < -0.3 is 5.11 Å². The van der Waals surface area contributed by atoms with Gasteiger partial charge in [-0.3, -0.25) is 9.69 Å². The summed E-state index contributed by atoms with van der Waals surface area (Å²) in [6.07, 6.45) is 5.68. The van der Waals surface area contributed by atoms with Gasteiger partial charge in [0.05, 0.1) is 10.9 Å². The predicted octanol–water partition coefficient (Wildman–Crippen LogP) is 3.61. The minimum atomic E-state index is -0.667. The fourth-order valence-electron chi connectivity index (χ4n) is 3.40. The van der Waals surface area contributed by atoms with Crippen LogP contribution in [-0.2, 0) is 24.2 Å². The molecule has 1 fully saturated rings. The van der Waals surface area contributed by atoms with Crippen molar-refractivity contribution < 1.29 is 9.90 Å². The molecule has 0 amide bonds. The summed E-state index contributed by atoms with van der Waals surface area (Å²) in [6.45, 7) is 3.82. The lowest BCUT2D eigenvalue weighted by Gasteiger charge is -2.37. The Labute approximate surface area is 147 Å². The van der Waals surface area contributed by atoms with Gasteiger partial charge in [0.15, 0.2) is 0 Å². The summed E-state index contributed by atoms with van der Waals surface area (Å²) in [7, 11) is 0. The molecule has 3 rings (SSSR count). The Morgan fingerprint density at radius 2 is 2.12 bits per heavy atom. The summed E-state index contributed by atoms with van der Waals surface area (Å²) in [5.74, 6) is -0.913. The molecule has 4 nitrogen and oxygen atoms in total. The van der Waals surface area contributed by atoms with Crippen molar-refractivity contribution in [2.75, 3.05) is 6.54 Å². The highest BCUT2D eigenvalue weighted by Crippen LogP contribution is 2.27. The summed E-state index contributed by atoms with van der Waals surface area (Å²) in [6, 6.07) is 10.6. The van der Waals surface area contributed by atoms with Crippen LogP contribution in [0, 0.1) is 5.92 Å². The summed E-state index contributed by atoms with van der Waals surface area (Å²) in [5, 5.41) is 10.5. The van der Waals surface area contributed by atoms with Gasteiger partial charge in [0, 0.05) is 30.1 Å². The molecule has 128 valence electrons. The molecule has 2 atom stereocenters. The number of aromatic nitrogens is 1. The highest BCUT2D eigenvalue weighted by atomic mass is 32.1. The van der Waals surface area contributed by atoms with Gasteiger partial charge >= 0.3 is 5.97 Å². The number of aryl methyl sites for hydroxylation is 2. The Hall–Kier alpha value is -1.72. The van der Waals surface area contributed by atoms with Crippen LogP contribution in [0.4, 0.5) is 0 Å². The fourth-order valence-corrected chi connectivity index (χ4v) is 4.35. The highest BCUT2D eigenvalue weighted by molar-refractivity contribution is 7.11. The first kappa shape index (κ1) is 17.1. The van der Waals surface area contributed by atoms with Crippen LogP contribution in [0.15, 0.2) is 36.5 Å². The van der Waals surface area contributed by atoms with Crippen molar-refractivity contribution in [2.24, 2.45) is 5.92 Å². The molecule has 0 spiro atoms. The number of nitrogens with zero attached hydrogens (tertiary/aromatic N) is 2. The quantitative estimate of drug-likeness (QED) is 0.870. The number of piperidine rings is 1. The van der Waals surface area contributed by atoms with E-state index >= 15 is 0 Å². The predicted molar refractivity (Wildman–Crippen MR) is 96.2 cm³/mol. The van der Waals surface area contributed by atoms with Crippen LogP contribution in [0.1, 0.15) is 35.2 Å². The number of hydrogen-bond acceptors (Lipinski definition) is 4. The number of benzene rings is 1. The SMILES string of the molecule is C[C@@H]1[C@H](C(=O)O)CCCN1Cc1cnc(CCc2ccccc2)s1. The van der Waals surface area contributed by atoms with E-state index in [4.69, 9.17) is 0 Å². The third kappa shape index (κ3) is 4.22. The largest absolute Gasteiger partial charge is 0.481 e. The molecule has 2 aromatic rings. The Bertz CT molecular complexity index is 671. The molecule has 1 aliphatic heterocycles. The van der Waals surface area contributed by atoms with Crippen molar-refractivity contribution in [3.8, 4) is 0 Å². The zero-order chi connectivity index (χ0) is 16.9. The van der Waals surface area contributed by atoms with Crippen LogP contribution >= 0.6 is 11.3 Å².